The molecule has 16 rings (SSSR count). The van der Waals surface area contributed by atoms with Crippen LogP contribution < -0.4 is 21.3 Å². The van der Waals surface area contributed by atoms with Gasteiger partial charge in [0, 0.05) is 121 Å². The first-order valence-corrected chi connectivity index (χ1v) is 33.1. The summed E-state index contributed by atoms with van der Waals surface area (Å²) in [5.41, 5.74) is 16.1. The second-order valence-electron chi connectivity index (χ2n) is 24.7. The fourth-order valence-corrected chi connectivity index (χ4v) is 13.2. The molecule has 0 saturated carbocycles. The number of hydrogen-bond acceptors (Lipinski definition) is 11. The predicted octanol–water partition coefficient (Wildman–Crippen LogP) is 15.6. The van der Waals surface area contributed by atoms with Crippen molar-refractivity contribution in [2.24, 2.45) is 14.1 Å². The number of carbonyl (C=O) groups excluding carboxylic acids is 4. The first-order chi connectivity index (χ1) is 50.9. The molecule has 0 saturated heterocycles. The van der Waals surface area contributed by atoms with Gasteiger partial charge in [-0.2, -0.15) is 0 Å². The second-order valence-corrected chi connectivity index (χ2v) is 24.7. The summed E-state index contributed by atoms with van der Waals surface area (Å²) in [5.74, 6) is 0.990. The predicted molar refractivity (Wildman–Crippen MR) is 405 cm³/mol. The lowest BCUT2D eigenvalue weighted by Crippen LogP contribution is -2.16. The van der Waals surface area contributed by atoms with E-state index in [1.54, 1.807) is 78.7 Å². The molecule has 21 nitrogen and oxygen atoms in total. The molecule has 0 spiro atoms. The number of nitrogens with zero attached hydrogens (tertiary/aromatic N) is 10. The Morgan fingerprint density at radius 1 is 0.442 bits per heavy atom. The summed E-state index contributed by atoms with van der Waals surface area (Å²) in [7, 11) is 3.50. The lowest BCUT2D eigenvalue weighted by atomic mass is 10.0. The van der Waals surface area contributed by atoms with Gasteiger partial charge in [0.2, 0.25) is 0 Å². The molecule has 0 radical (unpaired) electrons. The molecular weight excluding hydrogens is 1300 g/mol. The van der Waals surface area contributed by atoms with E-state index in [9.17, 15) is 24.3 Å². The molecule has 7 aromatic carbocycles. The van der Waals surface area contributed by atoms with Crippen LogP contribution >= 0.6 is 0 Å². The van der Waals surface area contributed by atoms with Crippen molar-refractivity contribution < 1.29 is 24.3 Å². The van der Waals surface area contributed by atoms with Crippen molar-refractivity contribution in [3.63, 3.8) is 0 Å². The smallest absolute Gasteiger partial charge is 0.274 e. The Morgan fingerprint density at radius 3 is 1.31 bits per heavy atom. The van der Waals surface area contributed by atoms with Crippen LogP contribution in [0, 0.1) is 12.3 Å². The van der Waals surface area contributed by atoms with E-state index in [2.05, 4.69) is 57.1 Å². The highest BCUT2D eigenvalue weighted by molar-refractivity contribution is 6.12. The Balaban J connectivity index is 0.914. The zero-order valence-corrected chi connectivity index (χ0v) is 55.7. The molecule has 7 aromatic heterocycles. The van der Waals surface area contributed by atoms with Crippen LogP contribution in [0.1, 0.15) is 75.7 Å². The van der Waals surface area contributed by atoms with Gasteiger partial charge in [0.15, 0.2) is 0 Å². The number of aromatic amines is 2. The third kappa shape index (κ3) is 12.2. The molecule has 2 aliphatic heterocycles. The average Bonchev–Trinajstić information content (AvgIpc) is 1.58. The van der Waals surface area contributed by atoms with Crippen molar-refractivity contribution >= 4 is 92.7 Å². The fourth-order valence-electron chi connectivity index (χ4n) is 13.2. The summed E-state index contributed by atoms with van der Waals surface area (Å²) < 4.78 is 6.84. The molecule has 21 heteroatoms. The zero-order chi connectivity index (χ0) is 71.0. The maximum atomic E-state index is 15.0. The van der Waals surface area contributed by atoms with Gasteiger partial charge in [0.1, 0.15) is 22.8 Å². The number of hydrogen-bond donors (Lipinski definition) is 7. The first-order valence-electron chi connectivity index (χ1n) is 33.1. The van der Waals surface area contributed by atoms with E-state index in [0.29, 0.717) is 141 Å². The molecule has 9 heterocycles. The van der Waals surface area contributed by atoms with Gasteiger partial charge in [-0.1, -0.05) is 115 Å². The molecule has 4 amide bonds. The van der Waals surface area contributed by atoms with Gasteiger partial charge in [0.25, 0.3) is 23.6 Å². The van der Waals surface area contributed by atoms with Crippen molar-refractivity contribution in [3.05, 3.63) is 301 Å². The van der Waals surface area contributed by atoms with E-state index in [0.717, 1.165) is 22.4 Å². The number of amides is 4. The highest BCUT2D eigenvalue weighted by Crippen LogP contribution is 2.44. The van der Waals surface area contributed by atoms with Gasteiger partial charge in [-0.05, 0) is 120 Å². The quantitative estimate of drug-likeness (QED) is 0.0447. The van der Waals surface area contributed by atoms with E-state index in [4.69, 9.17) is 16.4 Å². The lowest BCUT2D eigenvalue weighted by Gasteiger charge is -2.15. The van der Waals surface area contributed by atoms with Crippen molar-refractivity contribution in [3.8, 4) is 79.5 Å². The van der Waals surface area contributed by atoms with Gasteiger partial charge in [-0.3, -0.25) is 23.7 Å². The number of carbonyl (C=O) groups is 4. The summed E-state index contributed by atoms with van der Waals surface area (Å²) in [6, 6.07) is 59.7. The minimum Gasteiger partial charge on any atom is -0.506 e. The molecule has 0 atom stereocenters. The van der Waals surface area contributed by atoms with E-state index < -0.39 is 5.91 Å². The molecule has 502 valence electrons. The molecule has 104 heavy (non-hydrogen) atoms. The van der Waals surface area contributed by atoms with Crippen molar-refractivity contribution in [2.45, 2.75) is 6.54 Å². The molecule has 2 aliphatic rings. The van der Waals surface area contributed by atoms with Crippen LogP contribution in [0.25, 0.3) is 108 Å². The van der Waals surface area contributed by atoms with Crippen LogP contribution in [-0.4, -0.2) is 86.9 Å². The lowest BCUT2D eigenvalue weighted by molar-refractivity contribution is 0.101. The van der Waals surface area contributed by atoms with E-state index in [1.165, 1.54) is 35.6 Å². The number of anilines is 4. The van der Waals surface area contributed by atoms with Crippen LogP contribution in [-0.2, 0) is 20.6 Å². The summed E-state index contributed by atoms with van der Waals surface area (Å²) in [6.07, 6.45) is 26.0. The molecule has 7 N–H and O–H groups in total. The van der Waals surface area contributed by atoms with E-state index >= 15 is 0 Å². The van der Waals surface area contributed by atoms with Crippen LogP contribution in [0.5, 0.6) is 5.75 Å². The van der Waals surface area contributed by atoms with Crippen LogP contribution in [0.4, 0.5) is 22.7 Å². The minimum atomic E-state index is -0.512. The Kier molecular flexibility index (Phi) is 16.7. The van der Waals surface area contributed by atoms with Crippen molar-refractivity contribution in [1.82, 2.24) is 58.1 Å². The molecule has 14 aromatic rings. The molecule has 0 unspecified atom stereocenters. The Hall–Kier alpha value is -14.8. The highest BCUT2D eigenvalue weighted by Gasteiger charge is 2.26. The zero-order valence-electron chi connectivity index (χ0n) is 55.7. The van der Waals surface area contributed by atoms with Crippen molar-refractivity contribution in [2.75, 3.05) is 21.3 Å². The third-order valence-corrected chi connectivity index (χ3v) is 18.2. The number of aromatic nitrogens is 12. The molecule has 0 aliphatic carbocycles. The number of para-hydroxylation sites is 6. The van der Waals surface area contributed by atoms with Gasteiger partial charge in [-0.25, -0.2) is 29.9 Å². The Morgan fingerprint density at radius 2 is 0.856 bits per heavy atom. The summed E-state index contributed by atoms with van der Waals surface area (Å²) in [6.45, 7) is 0.426. The number of rotatable bonds is 16. The molecular formula is C83H60N16O5. The number of terminal acetylenes is 1. The molecule has 8 bridgehead atoms. The maximum absolute atomic E-state index is 15.0. The first kappa shape index (κ1) is 63.9. The molecule has 0 fully saturated rings. The largest absolute Gasteiger partial charge is 0.506 e. The maximum Gasteiger partial charge on any atom is 0.274 e. The fraction of sp³-hybridized carbons (Fsp3) is 0.0361. The average molecular weight is 1360 g/mol. The number of benzene rings is 7. The van der Waals surface area contributed by atoms with Crippen LogP contribution in [0.15, 0.2) is 244 Å². The minimum absolute atomic E-state index is 0.0419. The van der Waals surface area contributed by atoms with E-state index in [-0.39, 0.29) is 29.2 Å². The SMILES string of the molecule is C#Cc1ccc(-c2cncn2Cc2cccc(C(=O)Nc3ccccc3-c3c4nc(c(-c5ccccc5NC(=O)c5cncn5C)c5ccc([nH]5)c(-c5ccccc5NC(=O)c5cncn5C)c5nc(c(-c6ccccc6NC(=O)c6cncn6-c6ccccc6O)c6ccc3[nH]6)C=C5)C=C4)c2)cc1. The number of nitrogens with one attached hydrogen (secondary N) is 6. The number of aryl methyl sites for hydroxylation is 2. The standard InChI is InChI=1S/C83H60N16O5/c1-4-50-28-30-52(31-29-50)71-41-86-48-98(71)45-51-16-15-17-53(40-51)80(101)92-58-22-9-5-18-54(58)76-62-32-34-64(88-62)77(55-19-6-10-23-59(55)93-81(102)72-42-84-46-96(72)2)65-36-37-66(90-65)78(56-20-7-11-24-60(56)94-82(103)73-43-85-47-97(73)3)67-38-39-69(91-67)79(68-35-33-63(76)89-68)57-21-8-12-25-61(57)95-83(104)74-44-87-49-99(74)70-26-13-14-27-75(70)100/h1,5-44,46-49,89-90,100H,45H2,2-3H3,(H,92,101)(H,93,102)(H,94,103)(H,95,104). The highest BCUT2D eigenvalue weighted by atomic mass is 16.3. The van der Waals surface area contributed by atoms with Gasteiger partial charge in [-0.15, -0.1) is 6.42 Å². The van der Waals surface area contributed by atoms with Gasteiger partial charge in [0.05, 0.1) is 84.3 Å². The Bertz CT molecular complexity index is 6090. The van der Waals surface area contributed by atoms with Gasteiger partial charge < -0.3 is 50.0 Å². The number of phenols is 1. The number of imidazole rings is 4. The monoisotopic (exact) mass is 1360 g/mol. The van der Waals surface area contributed by atoms with Crippen molar-refractivity contribution in [1.29, 1.82) is 0 Å². The summed E-state index contributed by atoms with van der Waals surface area (Å²) >= 11 is 0. The normalized spacial score (nSPS) is 11.5. The summed E-state index contributed by atoms with van der Waals surface area (Å²) in [4.78, 5) is 94.4. The number of fused-ring (bicyclic) bond motifs is 8. The van der Waals surface area contributed by atoms with Gasteiger partial charge >= 0.3 is 0 Å². The number of aromatic hydroxyl groups is 1. The number of H-pyrrole nitrogens is 2. The Labute approximate surface area is 594 Å². The summed E-state index contributed by atoms with van der Waals surface area (Å²) in [5, 5.41) is 23.8. The second kappa shape index (κ2) is 27.2. The van der Waals surface area contributed by atoms with Crippen LogP contribution in [0.2, 0.25) is 0 Å². The van der Waals surface area contributed by atoms with E-state index in [1.807, 2.05) is 187 Å². The topological polar surface area (TPSA) is 265 Å². The van der Waals surface area contributed by atoms with Crippen LogP contribution in [0.3, 0.4) is 0 Å². The third-order valence-electron chi connectivity index (χ3n) is 18.2. The number of phenolic OH excluding ortho intramolecular Hbond substituents is 1.